The summed E-state index contributed by atoms with van der Waals surface area (Å²) in [6.45, 7) is 4.01. The lowest BCUT2D eigenvalue weighted by molar-refractivity contribution is 0.366. The van der Waals surface area contributed by atoms with Crippen molar-refractivity contribution in [1.82, 2.24) is 9.78 Å². The van der Waals surface area contributed by atoms with Crippen molar-refractivity contribution in [3.8, 4) is 17.4 Å². The molecule has 0 bridgehead atoms. The van der Waals surface area contributed by atoms with E-state index in [1.54, 1.807) is 11.8 Å². The van der Waals surface area contributed by atoms with Crippen LogP contribution in [-0.2, 0) is 13.5 Å². The van der Waals surface area contributed by atoms with Gasteiger partial charge in [0, 0.05) is 7.05 Å². The molecule has 2 N–H and O–H groups in total. The molecule has 2 aromatic rings. The molecule has 0 saturated carbocycles. The molecular weight excluding hydrogens is 242 g/mol. The van der Waals surface area contributed by atoms with Crippen molar-refractivity contribution in [2.45, 2.75) is 20.3 Å². The molecule has 19 heavy (non-hydrogen) atoms. The number of hydrogen-bond acceptors (Lipinski definition) is 4. The highest BCUT2D eigenvalue weighted by atomic mass is 16.5. The lowest BCUT2D eigenvalue weighted by atomic mass is 10.2. The molecule has 0 fully saturated rings. The van der Waals surface area contributed by atoms with Crippen molar-refractivity contribution >= 4 is 5.69 Å². The van der Waals surface area contributed by atoms with Gasteiger partial charge < -0.3 is 15.2 Å². The van der Waals surface area contributed by atoms with E-state index in [0.29, 0.717) is 23.1 Å². The topological polar surface area (TPSA) is 62.3 Å². The van der Waals surface area contributed by atoms with Gasteiger partial charge in [-0.1, -0.05) is 13.0 Å². The molecule has 0 amide bonds. The first-order valence-electron chi connectivity index (χ1n) is 6.20. The molecule has 0 aliphatic rings. The van der Waals surface area contributed by atoms with Crippen LogP contribution in [0.2, 0.25) is 0 Å². The molecule has 1 heterocycles. The summed E-state index contributed by atoms with van der Waals surface area (Å²) in [4.78, 5) is 0. The molecule has 2 rings (SSSR count). The highest BCUT2D eigenvalue weighted by molar-refractivity contribution is 5.56. The minimum atomic E-state index is 0.541. The molecule has 0 spiro atoms. The van der Waals surface area contributed by atoms with Crippen LogP contribution < -0.4 is 15.2 Å². The van der Waals surface area contributed by atoms with Gasteiger partial charge in [0.25, 0.3) is 0 Å². The summed E-state index contributed by atoms with van der Waals surface area (Å²) in [6, 6.07) is 5.75. The predicted octanol–water partition coefficient (Wildman–Crippen LogP) is 2.67. The van der Waals surface area contributed by atoms with Crippen molar-refractivity contribution in [1.29, 1.82) is 0 Å². The average Bonchev–Trinajstić information content (AvgIpc) is 2.67. The summed E-state index contributed by atoms with van der Waals surface area (Å²) in [7, 11) is 3.43. The van der Waals surface area contributed by atoms with Crippen LogP contribution in [0.4, 0.5) is 5.69 Å². The predicted molar refractivity (Wildman–Crippen MR) is 74.8 cm³/mol. The fourth-order valence-electron chi connectivity index (χ4n) is 1.92. The number of methoxy groups -OCH3 is 1. The zero-order valence-electron chi connectivity index (χ0n) is 11.7. The number of ether oxygens (including phenoxy) is 2. The quantitative estimate of drug-likeness (QED) is 0.919. The number of nitrogens with two attached hydrogens (primary N) is 1. The largest absolute Gasteiger partial charge is 0.493 e. The first-order chi connectivity index (χ1) is 9.06. The number of anilines is 1. The number of nitrogens with zero attached hydrogens (tertiary/aromatic N) is 2. The van der Waals surface area contributed by atoms with Crippen LogP contribution in [-0.4, -0.2) is 16.9 Å². The molecule has 102 valence electrons. The SMILES string of the molecule is CCc1nn(C)c(Oc2ccc(C)cc2OC)c1N. The molecule has 0 saturated heterocycles. The lowest BCUT2D eigenvalue weighted by Gasteiger charge is -2.11. The van der Waals surface area contributed by atoms with Gasteiger partial charge in [-0.25, -0.2) is 4.68 Å². The minimum Gasteiger partial charge on any atom is -0.493 e. The minimum absolute atomic E-state index is 0.541. The maximum atomic E-state index is 6.03. The molecule has 5 heteroatoms. The number of rotatable bonds is 4. The normalized spacial score (nSPS) is 10.5. The second-order valence-corrected chi connectivity index (χ2v) is 4.40. The molecule has 0 radical (unpaired) electrons. The monoisotopic (exact) mass is 261 g/mol. The fourth-order valence-corrected chi connectivity index (χ4v) is 1.92. The third kappa shape index (κ3) is 2.50. The van der Waals surface area contributed by atoms with Crippen molar-refractivity contribution in [2.24, 2.45) is 7.05 Å². The summed E-state index contributed by atoms with van der Waals surface area (Å²) in [6.07, 6.45) is 0.772. The van der Waals surface area contributed by atoms with Crippen LogP contribution in [0.3, 0.4) is 0 Å². The first-order valence-corrected chi connectivity index (χ1v) is 6.20. The van der Waals surface area contributed by atoms with E-state index < -0.39 is 0 Å². The molecule has 1 aromatic carbocycles. The van der Waals surface area contributed by atoms with Crippen LogP contribution in [0.15, 0.2) is 18.2 Å². The number of aromatic nitrogens is 2. The molecule has 0 aliphatic heterocycles. The molecule has 5 nitrogen and oxygen atoms in total. The molecular formula is C14H19N3O2. The van der Waals surface area contributed by atoms with Crippen LogP contribution in [0.25, 0.3) is 0 Å². The first kappa shape index (κ1) is 13.3. The van der Waals surface area contributed by atoms with Gasteiger partial charge in [0.15, 0.2) is 11.5 Å². The zero-order valence-corrected chi connectivity index (χ0v) is 11.7. The zero-order chi connectivity index (χ0) is 14.0. The van der Waals surface area contributed by atoms with Gasteiger partial charge >= 0.3 is 0 Å². The van der Waals surface area contributed by atoms with Crippen LogP contribution in [0, 0.1) is 6.92 Å². The van der Waals surface area contributed by atoms with Crippen LogP contribution >= 0.6 is 0 Å². The highest BCUT2D eigenvalue weighted by Crippen LogP contribution is 2.35. The van der Waals surface area contributed by atoms with E-state index in [-0.39, 0.29) is 0 Å². The second kappa shape index (κ2) is 5.22. The van der Waals surface area contributed by atoms with E-state index in [4.69, 9.17) is 15.2 Å². The standard InChI is InChI=1S/C14H19N3O2/c1-5-10-13(15)14(17(3)16-10)19-11-7-6-9(2)8-12(11)18-4/h6-8H,5,15H2,1-4H3. The van der Waals surface area contributed by atoms with E-state index in [0.717, 1.165) is 17.7 Å². The smallest absolute Gasteiger partial charge is 0.241 e. The van der Waals surface area contributed by atoms with Crippen molar-refractivity contribution in [3.63, 3.8) is 0 Å². The molecule has 1 aromatic heterocycles. The van der Waals surface area contributed by atoms with Gasteiger partial charge in [0.1, 0.15) is 5.69 Å². The number of aryl methyl sites for hydroxylation is 3. The third-order valence-electron chi connectivity index (χ3n) is 2.97. The Balaban J connectivity index is 2.39. The van der Waals surface area contributed by atoms with E-state index in [1.165, 1.54) is 0 Å². The summed E-state index contributed by atoms with van der Waals surface area (Å²) in [5.74, 6) is 1.85. The van der Waals surface area contributed by atoms with Gasteiger partial charge in [-0.3, -0.25) is 0 Å². The lowest BCUT2D eigenvalue weighted by Crippen LogP contribution is -1.98. The summed E-state index contributed by atoms with van der Waals surface area (Å²) in [5, 5.41) is 4.32. The Labute approximate surface area is 112 Å². The molecule has 0 aliphatic carbocycles. The number of nitrogen functional groups attached to an aromatic ring is 1. The van der Waals surface area contributed by atoms with Crippen molar-refractivity contribution < 1.29 is 9.47 Å². The Bertz CT molecular complexity index is 591. The van der Waals surface area contributed by atoms with Crippen molar-refractivity contribution in [3.05, 3.63) is 29.5 Å². The Morgan fingerprint density at radius 3 is 2.63 bits per heavy atom. The second-order valence-electron chi connectivity index (χ2n) is 4.40. The maximum absolute atomic E-state index is 6.03. The third-order valence-corrected chi connectivity index (χ3v) is 2.97. The van der Waals surface area contributed by atoms with Gasteiger partial charge in [-0.15, -0.1) is 0 Å². The number of benzene rings is 1. The molecule has 0 unspecified atom stereocenters. The Morgan fingerprint density at radius 2 is 2.05 bits per heavy atom. The Morgan fingerprint density at radius 1 is 1.32 bits per heavy atom. The van der Waals surface area contributed by atoms with Gasteiger partial charge in [-0.2, -0.15) is 5.10 Å². The van der Waals surface area contributed by atoms with E-state index >= 15 is 0 Å². The Kier molecular flexibility index (Phi) is 3.64. The highest BCUT2D eigenvalue weighted by Gasteiger charge is 2.16. The van der Waals surface area contributed by atoms with Gasteiger partial charge in [0.05, 0.1) is 12.8 Å². The average molecular weight is 261 g/mol. The van der Waals surface area contributed by atoms with E-state index in [2.05, 4.69) is 5.10 Å². The summed E-state index contributed by atoms with van der Waals surface area (Å²) < 4.78 is 12.8. The summed E-state index contributed by atoms with van der Waals surface area (Å²) in [5.41, 5.74) is 8.56. The number of hydrogen-bond donors (Lipinski definition) is 1. The van der Waals surface area contributed by atoms with Crippen molar-refractivity contribution in [2.75, 3.05) is 12.8 Å². The van der Waals surface area contributed by atoms with E-state index in [9.17, 15) is 0 Å². The molecule has 0 atom stereocenters. The maximum Gasteiger partial charge on any atom is 0.241 e. The summed E-state index contributed by atoms with van der Waals surface area (Å²) >= 11 is 0. The van der Waals surface area contributed by atoms with Gasteiger partial charge in [-0.05, 0) is 31.0 Å². The Hall–Kier alpha value is -2.17. The van der Waals surface area contributed by atoms with Gasteiger partial charge in [0.2, 0.25) is 5.88 Å². The fraction of sp³-hybridized carbons (Fsp3) is 0.357. The van der Waals surface area contributed by atoms with Crippen LogP contribution in [0.5, 0.6) is 17.4 Å². The van der Waals surface area contributed by atoms with Crippen LogP contribution in [0.1, 0.15) is 18.2 Å². The van der Waals surface area contributed by atoms with E-state index in [1.807, 2.05) is 39.1 Å².